The van der Waals surface area contributed by atoms with Gasteiger partial charge in [0.25, 0.3) is 0 Å². The highest BCUT2D eigenvalue weighted by Gasteiger charge is 2.18. The lowest BCUT2D eigenvalue weighted by molar-refractivity contribution is 0.629. The number of aryl methyl sites for hydroxylation is 1. The molecular weight excluding hydrogens is 178 g/mol. The van der Waals surface area contributed by atoms with Gasteiger partial charge in [-0.2, -0.15) is 0 Å². The molecule has 0 fully saturated rings. The molecule has 0 amide bonds. The van der Waals surface area contributed by atoms with Gasteiger partial charge < -0.3 is 5.32 Å². The summed E-state index contributed by atoms with van der Waals surface area (Å²) < 4.78 is 0. The van der Waals surface area contributed by atoms with Crippen LogP contribution in [0.1, 0.15) is 22.1 Å². The largest absolute Gasteiger partial charge is 0.301 e. The first-order valence-corrected chi connectivity index (χ1v) is 5.96. The summed E-state index contributed by atoms with van der Waals surface area (Å²) in [5.41, 5.74) is 4.48. The van der Waals surface area contributed by atoms with Crippen LogP contribution in [-0.2, 0) is 6.42 Å². The second kappa shape index (κ2) is 3.72. The van der Waals surface area contributed by atoms with Gasteiger partial charge in [0.2, 0.25) is 0 Å². The van der Waals surface area contributed by atoms with Crippen LogP contribution in [0.15, 0.2) is 18.2 Å². The summed E-state index contributed by atoms with van der Waals surface area (Å²) in [7, 11) is 0. The first kappa shape index (κ1) is 9.10. The Balaban J connectivity index is 2.45. The Hall–Kier alpha value is -0.470. The van der Waals surface area contributed by atoms with Crippen LogP contribution in [0.5, 0.6) is 0 Å². The Labute approximate surface area is 83.9 Å². The Morgan fingerprint density at radius 3 is 3.08 bits per heavy atom. The molecule has 1 aromatic carbocycles. The van der Waals surface area contributed by atoms with Crippen LogP contribution in [-0.4, -0.2) is 12.8 Å². The monoisotopic (exact) mass is 193 g/mol. The Morgan fingerprint density at radius 2 is 2.31 bits per heavy atom. The average molecular weight is 193 g/mol. The van der Waals surface area contributed by atoms with E-state index in [0.29, 0.717) is 5.37 Å². The van der Waals surface area contributed by atoms with Crippen molar-refractivity contribution in [2.75, 3.05) is 12.8 Å². The highest BCUT2D eigenvalue weighted by atomic mass is 32.2. The maximum atomic E-state index is 3.52. The van der Waals surface area contributed by atoms with E-state index >= 15 is 0 Å². The molecule has 0 saturated carbocycles. The molecule has 2 heteroatoms. The molecule has 0 saturated heterocycles. The van der Waals surface area contributed by atoms with Crippen LogP contribution >= 0.6 is 11.8 Å². The SMILES string of the molecule is CSC1NCCc2c(C)cccc21. The smallest absolute Gasteiger partial charge is 0.0789 e. The van der Waals surface area contributed by atoms with Crippen molar-refractivity contribution < 1.29 is 0 Å². The van der Waals surface area contributed by atoms with Gasteiger partial charge in [-0.15, -0.1) is 11.8 Å². The van der Waals surface area contributed by atoms with Crippen LogP contribution < -0.4 is 5.32 Å². The van der Waals surface area contributed by atoms with Crippen LogP contribution in [0.25, 0.3) is 0 Å². The second-order valence-electron chi connectivity index (χ2n) is 3.46. The molecule has 0 spiro atoms. The maximum Gasteiger partial charge on any atom is 0.0789 e. The minimum absolute atomic E-state index is 0.503. The van der Waals surface area contributed by atoms with Crippen molar-refractivity contribution in [1.82, 2.24) is 5.32 Å². The Morgan fingerprint density at radius 1 is 1.46 bits per heavy atom. The molecule has 1 aliphatic heterocycles. The van der Waals surface area contributed by atoms with E-state index in [-0.39, 0.29) is 0 Å². The molecule has 0 bridgehead atoms. The molecule has 1 aromatic rings. The van der Waals surface area contributed by atoms with Crippen molar-refractivity contribution in [3.63, 3.8) is 0 Å². The molecule has 1 unspecified atom stereocenters. The van der Waals surface area contributed by atoms with Crippen molar-refractivity contribution in [1.29, 1.82) is 0 Å². The van der Waals surface area contributed by atoms with E-state index in [1.807, 2.05) is 11.8 Å². The zero-order valence-electron chi connectivity index (χ0n) is 8.13. The standard InChI is InChI=1S/C11H15NS/c1-8-4-3-5-10-9(8)6-7-12-11(10)13-2/h3-5,11-12H,6-7H2,1-2H3. The molecule has 1 nitrogen and oxygen atoms in total. The van der Waals surface area contributed by atoms with E-state index in [2.05, 4.69) is 36.7 Å². The maximum absolute atomic E-state index is 3.52. The van der Waals surface area contributed by atoms with Crippen molar-refractivity contribution in [3.05, 3.63) is 34.9 Å². The number of nitrogens with one attached hydrogen (secondary N) is 1. The van der Waals surface area contributed by atoms with Crippen molar-refractivity contribution in [2.45, 2.75) is 18.7 Å². The highest BCUT2D eigenvalue weighted by Crippen LogP contribution is 2.31. The minimum Gasteiger partial charge on any atom is -0.301 e. The van der Waals surface area contributed by atoms with Crippen LogP contribution in [0.3, 0.4) is 0 Å². The molecule has 1 heterocycles. The summed E-state index contributed by atoms with van der Waals surface area (Å²) in [6, 6.07) is 6.61. The summed E-state index contributed by atoms with van der Waals surface area (Å²) in [4.78, 5) is 0. The number of rotatable bonds is 1. The van der Waals surface area contributed by atoms with Crippen LogP contribution in [0.2, 0.25) is 0 Å². The fraction of sp³-hybridized carbons (Fsp3) is 0.455. The lowest BCUT2D eigenvalue weighted by Crippen LogP contribution is -2.28. The quantitative estimate of drug-likeness (QED) is 0.735. The first-order valence-electron chi connectivity index (χ1n) is 4.67. The van der Waals surface area contributed by atoms with Crippen LogP contribution in [0.4, 0.5) is 0 Å². The third kappa shape index (κ3) is 1.61. The van der Waals surface area contributed by atoms with E-state index in [1.54, 1.807) is 5.56 Å². The van der Waals surface area contributed by atoms with E-state index in [0.717, 1.165) is 6.54 Å². The molecule has 70 valence electrons. The fourth-order valence-corrected chi connectivity index (χ4v) is 2.72. The number of thioether (sulfide) groups is 1. The normalized spacial score (nSPS) is 21.2. The van der Waals surface area contributed by atoms with Gasteiger partial charge in [0.1, 0.15) is 0 Å². The number of hydrogen-bond donors (Lipinski definition) is 1. The summed E-state index contributed by atoms with van der Waals surface area (Å²) in [6.07, 6.45) is 3.34. The molecule has 13 heavy (non-hydrogen) atoms. The molecule has 1 N–H and O–H groups in total. The Bertz CT molecular complexity index is 309. The zero-order valence-corrected chi connectivity index (χ0v) is 8.95. The summed E-state index contributed by atoms with van der Waals surface area (Å²) in [5.74, 6) is 0. The molecule has 1 aliphatic rings. The molecular formula is C11H15NS. The van der Waals surface area contributed by atoms with E-state index < -0.39 is 0 Å². The molecule has 0 aromatic heterocycles. The first-order chi connectivity index (χ1) is 6.33. The molecule has 0 aliphatic carbocycles. The Kier molecular flexibility index (Phi) is 2.61. The van der Waals surface area contributed by atoms with Crippen molar-refractivity contribution in [2.24, 2.45) is 0 Å². The second-order valence-corrected chi connectivity index (χ2v) is 4.41. The minimum atomic E-state index is 0.503. The third-order valence-corrected chi connectivity index (χ3v) is 3.56. The number of hydrogen-bond acceptors (Lipinski definition) is 2. The fourth-order valence-electron chi connectivity index (χ4n) is 1.96. The molecule has 0 radical (unpaired) electrons. The van der Waals surface area contributed by atoms with Crippen molar-refractivity contribution >= 4 is 11.8 Å². The zero-order chi connectivity index (χ0) is 9.26. The molecule has 2 rings (SSSR count). The highest BCUT2D eigenvalue weighted by molar-refractivity contribution is 7.98. The van der Waals surface area contributed by atoms with Gasteiger partial charge in [-0.25, -0.2) is 0 Å². The third-order valence-electron chi connectivity index (χ3n) is 2.67. The van der Waals surface area contributed by atoms with E-state index in [4.69, 9.17) is 0 Å². The predicted octanol–water partition coefficient (Wildman–Crippen LogP) is 2.50. The van der Waals surface area contributed by atoms with Gasteiger partial charge in [-0.05, 0) is 36.3 Å². The average Bonchev–Trinajstić information content (AvgIpc) is 2.18. The lowest BCUT2D eigenvalue weighted by atomic mass is 9.96. The van der Waals surface area contributed by atoms with Gasteiger partial charge in [0, 0.05) is 6.54 Å². The lowest BCUT2D eigenvalue weighted by Gasteiger charge is -2.26. The molecule has 1 atom stereocenters. The van der Waals surface area contributed by atoms with E-state index in [9.17, 15) is 0 Å². The van der Waals surface area contributed by atoms with Gasteiger partial charge in [0.05, 0.1) is 5.37 Å². The van der Waals surface area contributed by atoms with Gasteiger partial charge in [-0.1, -0.05) is 18.2 Å². The summed E-state index contributed by atoms with van der Waals surface area (Å²) in [5, 5.41) is 4.02. The summed E-state index contributed by atoms with van der Waals surface area (Å²) in [6.45, 7) is 3.32. The van der Waals surface area contributed by atoms with Gasteiger partial charge in [0.15, 0.2) is 0 Å². The topological polar surface area (TPSA) is 12.0 Å². The number of fused-ring (bicyclic) bond motifs is 1. The van der Waals surface area contributed by atoms with Gasteiger partial charge >= 0.3 is 0 Å². The van der Waals surface area contributed by atoms with Gasteiger partial charge in [-0.3, -0.25) is 0 Å². The number of benzene rings is 1. The van der Waals surface area contributed by atoms with Crippen molar-refractivity contribution in [3.8, 4) is 0 Å². The summed E-state index contributed by atoms with van der Waals surface area (Å²) >= 11 is 1.89. The van der Waals surface area contributed by atoms with Crippen LogP contribution in [0, 0.1) is 6.92 Å². The van der Waals surface area contributed by atoms with E-state index in [1.165, 1.54) is 17.5 Å². The predicted molar refractivity (Wildman–Crippen MR) is 59.1 cm³/mol.